The second-order valence-corrected chi connectivity index (χ2v) is 8.25. The Morgan fingerprint density at radius 2 is 1.62 bits per heavy atom. The van der Waals surface area contributed by atoms with Crippen LogP contribution in [0.1, 0.15) is 67.7 Å². The molecule has 2 aromatic carbocycles. The molecular weight excluding hydrogens is 373 g/mol. The van der Waals surface area contributed by atoms with E-state index in [0.29, 0.717) is 5.92 Å². The van der Waals surface area contributed by atoms with Crippen LogP contribution in [0, 0.1) is 5.92 Å². The molecular formula is C25H31F3O. The van der Waals surface area contributed by atoms with E-state index >= 15 is 0 Å². The van der Waals surface area contributed by atoms with Gasteiger partial charge in [-0.2, -0.15) is 0 Å². The number of rotatable bonds is 9. The highest BCUT2D eigenvalue weighted by Gasteiger charge is 2.31. The van der Waals surface area contributed by atoms with Crippen molar-refractivity contribution in [2.75, 3.05) is 0 Å². The van der Waals surface area contributed by atoms with Crippen molar-refractivity contribution in [1.29, 1.82) is 0 Å². The van der Waals surface area contributed by atoms with E-state index in [-0.39, 0.29) is 5.75 Å². The van der Waals surface area contributed by atoms with Crippen molar-refractivity contribution in [3.8, 4) is 5.75 Å². The molecule has 0 fully saturated rings. The lowest BCUT2D eigenvalue weighted by Gasteiger charge is -2.25. The maximum absolute atomic E-state index is 12.4. The molecule has 2 aromatic rings. The van der Waals surface area contributed by atoms with E-state index in [4.69, 9.17) is 0 Å². The fourth-order valence-corrected chi connectivity index (χ4v) is 4.25. The monoisotopic (exact) mass is 404 g/mol. The van der Waals surface area contributed by atoms with Crippen LogP contribution in [0.25, 0.3) is 0 Å². The summed E-state index contributed by atoms with van der Waals surface area (Å²) in [7, 11) is 0. The molecule has 0 amide bonds. The minimum Gasteiger partial charge on any atom is -0.406 e. The van der Waals surface area contributed by atoms with Crippen molar-refractivity contribution in [3.05, 3.63) is 64.7 Å². The molecule has 3 rings (SSSR count). The number of benzene rings is 2. The molecule has 158 valence electrons. The second-order valence-electron chi connectivity index (χ2n) is 8.25. The summed E-state index contributed by atoms with van der Waals surface area (Å²) in [5.74, 6) is 0.482. The van der Waals surface area contributed by atoms with Gasteiger partial charge in [0, 0.05) is 0 Å². The number of hydrogen-bond donors (Lipinski definition) is 0. The number of ether oxygens (including phenoxy) is 1. The first-order valence-electron chi connectivity index (χ1n) is 10.9. The predicted molar refractivity (Wildman–Crippen MR) is 111 cm³/mol. The molecule has 0 aromatic heterocycles. The van der Waals surface area contributed by atoms with Crippen molar-refractivity contribution in [2.24, 2.45) is 5.92 Å². The van der Waals surface area contributed by atoms with Crippen LogP contribution in [0.3, 0.4) is 0 Å². The number of fused-ring (bicyclic) bond motifs is 1. The Kier molecular flexibility index (Phi) is 7.63. The van der Waals surface area contributed by atoms with Crippen molar-refractivity contribution in [1.82, 2.24) is 0 Å². The third-order valence-electron chi connectivity index (χ3n) is 5.93. The molecule has 1 aliphatic rings. The molecule has 0 saturated carbocycles. The molecule has 1 aliphatic carbocycles. The maximum Gasteiger partial charge on any atom is 0.573 e. The summed E-state index contributed by atoms with van der Waals surface area (Å²) in [6.45, 7) is 2.24. The lowest BCUT2D eigenvalue weighted by atomic mass is 9.81. The highest BCUT2D eigenvalue weighted by Crippen LogP contribution is 2.32. The highest BCUT2D eigenvalue weighted by atomic mass is 19.4. The van der Waals surface area contributed by atoms with Gasteiger partial charge in [-0.3, -0.25) is 0 Å². The first-order valence-corrected chi connectivity index (χ1v) is 10.9. The summed E-state index contributed by atoms with van der Waals surface area (Å²) in [5.41, 5.74) is 4.96. The molecule has 0 bridgehead atoms. The van der Waals surface area contributed by atoms with Crippen molar-refractivity contribution in [2.45, 2.75) is 77.5 Å². The normalized spacial score (nSPS) is 16.5. The molecule has 29 heavy (non-hydrogen) atoms. The van der Waals surface area contributed by atoms with E-state index in [9.17, 15) is 13.2 Å². The van der Waals surface area contributed by atoms with Gasteiger partial charge in [0.15, 0.2) is 0 Å². The van der Waals surface area contributed by atoms with Gasteiger partial charge in [0.05, 0.1) is 0 Å². The van der Waals surface area contributed by atoms with Crippen LogP contribution >= 0.6 is 0 Å². The number of alkyl halides is 3. The Balaban J connectivity index is 1.47. The Morgan fingerprint density at radius 3 is 2.31 bits per heavy atom. The van der Waals surface area contributed by atoms with Crippen LogP contribution in [-0.4, -0.2) is 6.36 Å². The van der Waals surface area contributed by atoms with Gasteiger partial charge < -0.3 is 4.74 Å². The van der Waals surface area contributed by atoms with E-state index < -0.39 is 6.36 Å². The highest BCUT2D eigenvalue weighted by molar-refractivity contribution is 5.37. The van der Waals surface area contributed by atoms with E-state index in [1.807, 2.05) is 0 Å². The fourth-order valence-electron chi connectivity index (χ4n) is 4.25. The van der Waals surface area contributed by atoms with Crippen molar-refractivity contribution >= 4 is 0 Å². The van der Waals surface area contributed by atoms with Gasteiger partial charge in [0.2, 0.25) is 0 Å². The summed E-state index contributed by atoms with van der Waals surface area (Å²) in [6, 6.07) is 13.8. The topological polar surface area (TPSA) is 9.23 Å². The quantitative estimate of drug-likeness (QED) is 0.395. The molecule has 0 spiro atoms. The zero-order valence-electron chi connectivity index (χ0n) is 17.2. The van der Waals surface area contributed by atoms with Crippen molar-refractivity contribution < 1.29 is 17.9 Å². The molecule has 1 atom stereocenters. The lowest BCUT2D eigenvalue weighted by molar-refractivity contribution is -0.274. The first-order chi connectivity index (χ1) is 13.9. The van der Waals surface area contributed by atoms with Gasteiger partial charge in [-0.05, 0) is 85.3 Å². The molecule has 4 heteroatoms. The average Bonchev–Trinajstić information content (AvgIpc) is 2.69. The summed E-state index contributed by atoms with van der Waals surface area (Å²) >= 11 is 0. The van der Waals surface area contributed by atoms with Crippen LogP contribution in [0.5, 0.6) is 5.75 Å². The zero-order chi connectivity index (χ0) is 20.7. The van der Waals surface area contributed by atoms with E-state index in [0.717, 1.165) is 37.7 Å². The van der Waals surface area contributed by atoms with Gasteiger partial charge in [-0.1, -0.05) is 56.5 Å². The van der Waals surface area contributed by atoms with Gasteiger partial charge in [-0.15, -0.1) is 13.2 Å². The van der Waals surface area contributed by atoms with E-state index in [2.05, 4.69) is 35.9 Å². The fraction of sp³-hybridized carbons (Fsp3) is 0.520. The smallest absolute Gasteiger partial charge is 0.406 e. The number of halogens is 3. The number of hydrogen-bond acceptors (Lipinski definition) is 1. The molecule has 1 nitrogen and oxygen atoms in total. The summed E-state index contributed by atoms with van der Waals surface area (Å²) in [6.07, 6.45) is 6.68. The first kappa shape index (κ1) is 21.7. The minimum absolute atomic E-state index is 0.107. The van der Waals surface area contributed by atoms with Crippen LogP contribution in [-0.2, 0) is 25.7 Å². The summed E-state index contributed by atoms with van der Waals surface area (Å²) in [4.78, 5) is 0. The number of aryl methyl sites for hydroxylation is 3. The van der Waals surface area contributed by atoms with Crippen LogP contribution in [0.4, 0.5) is 13.2 Å². The van der Waals surface area contributed by atoms with E-state index in [1.54, 1.807) is 12.1 Å². The molecule has 1 unspecified atom stereocenters. The third-order valence-corrected chi connectivity index (χ3v) is 5.93. The minimum atomic E-state index is -4.63. The Labute approximate surface area is 172 Å². The number of unbranched alkanes of at least 4 members (excludes halogenated alkanes) is 3. The van der Waals surface area contributed by atoms with Gasteiger partial charge in [-0.25, -0.2) is 0 Å². The van der Waals surface area contributed by atoms with Crippen LogP contribution < -0.4 is 4.74 Å². The Hall–Kier alpha value is -1.97. The van der Waals surface area contributed by atoms with Crippen molar-refractivity contribution in [3.63, 3.8) is 0 Å². The molecule has 0 aliphatic heterocycles. The molecule has 0 saturated heterocycles. The summed E-state index contributed by atoms with van der Waals surface area (Å²) in [5, 5.41) is 0. The lowest BCUT2D eigenvalue weighted by Crippen LogP contribution is -2.18. The maximum atomic E-state index is 12.4. The predicted octanol–water partition coefficient (Wildman–Crippen LogP) is 7.45. The Bertz CT molecular complexity index is 765. The van der Waals surface area contributed by atoms with E-state index in [1.165, 1.54) is 54.9 Å². The third kappa shape index (κ3) is 7.09. The summed E-state index contributed by atoms with van der Waals surface area (Å²) < 4.78 is 41.2. The molecule has 0 N–H and O–H groups in total. The van der Waals surface area contributed by atoms with Gasteiger partial charge in [0.25, 0.3) is 0 Å². The Morgan fingerprint density at radius 1 is 0.897 bits per heavy atom. The SMILES string of the molecule is CCCCCCc1ccc(CCC2CCc3cc(OC(F)(F)F)ccc3C2)cc1. The van der Waals surface area contributed by atoms with Crippen LogP contribution in [0.15, 0.2) is 42.5 Å². The molecule has 0 heterocycles. The second kappa shape index (κ2) is 10.2. The standard InChI is InChI=1S/C25H31F3O/c1-2-3-4-5-6-19-7-9-20(10-8-19)11-12-21-13-14-23-18-24(29-25(26,27)28)16-15-22(23)17-21/h7-10,15-16,18,21H,2-6,11-14,17H2,1H3. The average molecular weight is 405 g/mol. The molecule has 0 radical (unpaired) electrons. The zero-order valence-corrected chi connectivity index (χ0v) is 17.2. The van der Waals surface area contributed by atoms with Crippen LogP contribution in [0.2, 0.25) is 0 Å². The van der Waals surface area contributed by atoms with Gasteiger partial charge >= 0.3 is 6.36 Å². The van der Waals surface area contributed by atoms with Gasteiger partial charge in [0.1, 0.15) is 5.75 Å². The largest absolute Gasteiger partial charge is 0.573 e.